The second-order valence-electron chi connectivity index (χ2n) is 4.92. The number of methoxy groups -OCH3 is 1. The molecule has 1 aromatic heterocycles. The molecule has 3 rings (SSSR count). The molecule has 0 spiro atoms. The maximum atomic E-state index is 6.26. The third-order valence-electron chi connectivity index (χ3n) is 3.82. The van der Waals surface area contributed by atoms with Crippen molar-refractivity contribution in [3.05, 3.63) is 45.8 Å². The molecule has 3 nitrogen and oxygen atoms in total. The van der Waals surface area contributed by atoms with Crippen molar-refractivity contribution in [1.82, 2.24) is 9.97 Å². The summed E-state index contributed by atoms with van der Waals surface area (Å²) in [6.45, 7) is 0. The van der Waals surface area contributed by atoms with Crippen molar-refractivity contribution in [3.8, 4) is 11.3 Å². The second-order valence-corrected chi connectivity index (χ2v) is 6.07. The van der Waals surface area contributed by atoms with Gasteiger partial charge in [0.05, 0.1) is 10.2 Å². The fraction of sp³-hybridized carbons (Fsp3) is 0.333. The molecule has 1 aliphatic rings. The summed E-state index contributed by atoms with van der Waals surface area (Å²) in [5.41, 5.74) is 1.45. The lowest BCUT2D eigenvalue weighted by Gasteiger charge is -2.39. The van der Waals surface area contributed by atoms with E-state index in [1.165, 1.54) is 0 Å². The van der Waals surface area contributed by atoms with E-state index >= 15 is 0 Å². The van der Waals surface area contributed by atoms with Crippen LogP contribution < -0.4 is 0 Å². The van der Waals surface area contributed by atoms with Gasteiger partial charge in [-0.15, -0.1) is 0 Å². The Balaban J connectivity index is 2.13. The van der Waals surface area contributed by atoms with Gasteiger partial charge >= 0.3 is 0 Å². The van der Waals surface area contributed by atoms with Crippen molar-refractivity contribution < 1.29 is 4.74 Å². The average molecular weight is 354 g/mol. The van der Waals surface area contributed by atoms with Gasteiger partial charge in [-0.1, -0.05) is 41.9 Å². The molecule has 1 heterocycles. The Morgan fingerprint density at radius 2 is 1.90 bits per heavy atom. The van der Waals surface area contributed by atoms with Gasteiger partial charge in [0, 0.05) is 12.7 Å². The van der Waals surface area contributed by atoms with Crippen LogP contribution in [0.15, 0.2) is 34.8 Å². The summed E-state index contributed by atoms with van der Waals surface area (Å²) in [6, 6.07) is 9.95. The standard InChI is InChI=1S/C15H14BrClN2O/c1-20-15(8-5-9-15)14-18-12(11(16)13(17)19-14)10-6-3-2-4-7-10/h2-4,6-7H,5,8-9H2,1H3. The largest absolute Gasteiger partial charge is 0.370 e. The highest BCUT2D eigenvalue weighted by Crippen LogP contribution is 2.44. The van der Waals surface area contributed by atoms with E-state index in [-0.39, 0.29) is 5.60 Å². The molecule has 2 aromatic rings. The number of aromatic nitrogens is 2. The number of halogens is 2. The van der Waals surface area contributed by atoms with Crippen molar-refractivity contribution >= 4 is 27.5 Å². The number of nitrogens with zero attached hydrogens (tertiary/aromatic N) is 2. The van der Waals surface area contributed by atoms with E-state index in [0.717, 1.165) is 35.0 Å². The Morgan fingerprint density at radius 1 is 1.20 bits per heavy atom. The van der Waals surface area contributed by atoms with Crippen molar-refractivity contribution in [1.29, 1.82) is 0 Å². The summed E-state index contributed by atoms with van der Waals surface area (Å²) in [7, 11) is 1.71. The highest BCUT2D eigenvalue weighted by molar-refractivity contribution is 9.10. The topological polar surface area (TPSA) is 35.0 Å². The molecule has 0 radical (unpaired) electrons. The fourth-order valence-electron chi connectivity index (χ4n) is 2.43. The van der Waals surface area contributed by atoms with Crippen LogP contribution in [0.5, 0.6) is 0 Å². The Hall–Kier alpha value is -0.970. The monoisotopic (exact) mass is 352 g/mol. The van der Waals surface area contributed by atoms with E-state index in [9.17, 15) is 0 Å². The smallest absolute Gasteiger partial charge is 0.162 e. The summed E-state index contributed by atoms with van der Waals surface area (Å²) >= 11 is 9.74. The first-order valence-corrected chi connectivity index (χ1v) is 7.67. The minimum Gasteiger partial charge on any atom is -0.370 e. The number of rotatable bonds is 3. The molecule has 1 aromatic carbocycles. The molecule has 0 saturated heterocycles. The third kappa shape index (κ3) is 2.26. The number of hydrogen-bond donors (Lipinski definition) is 0. The van der Waals surface area contributed by atoms with E-state index in [2.05, 4.69) is 20.9 Å². The summed E-state index contributed by atoms with van der Waals surface area (Å²) in [5.74, 6) is 0.679. The van der Waals surface area contributed by atoms with Gasteiger partial charge < -0.3 is 4.74 Å². The molecule has 0 atom stereocenters. The quantitative estimate of drug-likeness (QED) is 0.757. The predicted octanol–water partition coefficient (Wildman–Crippen LogP) is 4.59. The van der Waals surface area contributed by atoms with E-state index in [0.29, 0.717) is 11.0 Å². The van der Waals surface area contributed by atoms with Crippen molar-refractivity contribution in [2.75, 3.05) is 7.11 Å². The Bertz CT molecular complexity index is 624. The zero-order valence-electron chi connectivity index (χ0n) is 11.1. The molecule has 0 N–H and O–H groups in total. The number of ether oxygens (including phenoxy) is 1. The lowest BCUT2D eigenvalue weighted by Crippen LogP contribution is -2.38. The minimum absolute atomic E-state index is 0.367. The van der Waals surface area contributed by atoms with Gasteiger partial charge in [-0.05, 0) is 35.2 Å². The van der Waals surface area contributed by atoms with Crippen LogP contribution in [0.1, 0.15) is 25.1 Å². The average Bonchev–Trinajstić information content (AvgIpc) is 2.43. The summed E-state index contributed by atoms with van der Waals surface area (Å²) < 4.78 is 6.37. The predicted molar refractivity (Wildman–Crippen MR) is 82.7 cm³/mol. The molecule has 1 aliphatic carbocycles. The Morgan fingerprint density at radius 3 is 2.45 bits per heavy atom. The lowest BCUT2D eigenvalue weighted by molar-refractivity contribution is -0.0845. The van der Waals surface area contributed by atoms with E-state index < -0.39 is 0 Å². The van der Waals surface area contributed by atoms with E-state index in [1.54, 1.807) is 7.11 Å². The highest BCUT2D eigenvalue weighted by Gasteiger charge is 2.42. The molecule has 0 bridgehead atoms. The number of benzene rings is 1. The van der Waals surface area contributed by atoms with Crippen LogP contribution in [-0.2, 0) is 10.3 Å². The SMILES string of the molecule is COC1(c2nc(Cl)c(Br)c(-c3ccccc3)n2)CCC1. The molecular weight excluding hydrogens is 340 g/mol. The van der Waals surface area contributed by atoms with Crippen LogP contribution in [0, 0.1) is 0 Å². The van der Waals surface area contributed by atoms with Crippen LogP contribution in [0.25, 0.3) is 11.3 Å². The molecule has 1 fully saturated rings. The maximum absolute atomic E-state index is 6.26. The van der Waals surface area contributed by atoms with Crippen molar-refractivity contribution in [2.45, 2.75) is 24.9 Å². The normalized spacial score (nSPS) is 16.8. The van der Waals surface area contributed by atoms with E-state index in [1.807, 2.05) is 30.3 Å². The molecule has 0 amide bonds. The van der Waals surface area contributed by atoms with Crippen LogP contribution in [0.3, 0.4) is 0 Å². The fourth-order valence-corrected chi connectivity index (χ4v) is 3.00. The van der Waals surface area contributed by atoms with Crippen LogP contribution in [0.4, 0.5) is 0 Å². The van der Waals surface area contributed by atoms with Crippen LogP contribution >= 0.6 is 27.5 Å². The Labute approximate surface area is 131 Å². The third-order valence-corrected chi connectivity index (χ3v) is 5.07. The van der Waals surface area contributed by atoms with Gasteiger partial charge in [0.25, 0.3) is 0 Å². The molecular formula is C15H14BrClN2O. The zero-order valence-corrected chi connectivity index (χ0v) is 13.4. The van der Waals surface area contributed by atoms with Gasteiger partial charge in [-0.2, -0.15) is 0 Å². The summed E-state index contributed by atoms with van der Waals surface area (Å²) in [6.07, 6.45) is 3.01. The van der Waals surface area contributed by atoms with Crippen LogP contribution in [-0.4, -0.2) is 17.1 Å². The molecule has 0 unspecified atom stereocenters. The molecule has 0 aliphatic heterocycles. The van der Waals surface area contributed by atoms with E-state index in [4.69, 9.17) is 21.3 Å². The zero-order chi connectivity index (χ0) is 14.2. The van der Waals surface area contributed by atoms with Gasteiger partial charge in [0.1, 0.15) is 10.8 Å². The van der Waals surface area contributed by atoms with Gasteiger partial charge in [0.2, 0.25) is 0 Å². The Kier molecular flexibility index (Phi) is 3.80. The maximum Gasteiger partial charge on any atom is 0.162 e. The summed E-state index contributed by atoms with van der Waals surface area (Å²) in [4.78, 5) is 9.11. The first-order valence-electron chi connectivity index (χ1n) is 6.50. The molecule has 1 saturated carbocycles. The highest BCUT2D eigenvalue weighted by atomic mass is 79.9. The lowest BCUT2D eigenvalue weighted by atomic mass is 9.79. The number of hydrogen-bond acceptors (Lipinski definition) is 3. The molecule has 5 heteroatoms. The second kappa shape index (κ2) is 5.43. The minimum atomic E-state index is -0.367. The van der Waals surface area contributed by atoms with Crippen LogP contribution in [0.2, 0.25) is 5.15 Å². The van der Waals surface area contributed by atoms with Gasteiger partial charge in [-0.3, -0.25) is 0 Å². The first-order chi connectivity index (χ1) is 9.66. The molecule has 104 valence electrons. The first kappa shape index (κ1) is 14.0. The molecule has 20 heavy (non-hydrogen) atoms. The summed E-state index contributed by atoms with van der Waals surface area (Å²) in [5, 5.41) is 0.428. The van der Waals surface area contributed by atoms with Crippen molar-refractivity contribution in [3.63, 3.8) is 0 Å². The van der Waals surface area contributed by atoms with Gasteiger partial charge in [-0.25, -0.2) is 9.97 Å². The van der Waals surface area contributed by atoms with Gasteiger partial charge in [0.15, 0.2) is 5.82 Å². The van der Waals surface area contributed by atoms with Crippen molar-refractivity contribution in [2.24, 2.45) is 0 Å².